The first kappa shape index (κ1) is 39.1. The molecule has 0 rings (SSSR count). The molecule has 0 radical (unpaired) electrons. The van der Waals surface area contributed by atoms with Gasteiger partial charge in [0.25, 0.3) is 0 Å². The molecule has 0 aliphatic heterocycles. The van der Waals surface area contributed by atoms with E-state index in [1.54, 1.807) is 12.5 Å². The van der Waals surface area contributed by atoms with Gasteiger partial charge in [-0.25, -0.2) is 4.57 Å². The third-order valence-corrected chi connectivity index (χ3v) is 7.71. The molecule has 8 heteroatoms. The summed E-state index contributed by atoms with van der Waals surface area (Å²) in [5.41, 5.74) is 0. The van der Waals surface area contributed by atoms with Crippen LogP contribution in [0.3, 0.4) is 0 Å². The van der Waals surface area contributed by atoms with Crippen LogP contribution in [-0.4, -0.2) is 63.0 Å². The van der Waals surface area contributed by atoms with Gasteiger partial charge in [-0.05, 0) is 37.8 Å². The molecule has 40 heavy (non-hydrogen) atoms. The van der Waals surface area contributed by atoms with Crippen LogP contribution in [0.4, 0.5) is 0 Å². The number of ether oxygens (including phenoxy) is 2. The van der Waals surface area contributed by atoms with Crippen LogP contribution in [-0.2, 0) is 23.1 Å². The molecular formula is C32H65NO6P+. The minimum absolute atomic E-state index is 0.0911. The van der Waals surface area contributed by atoms with Crippen molar-refractivity contribution in [1.82, 2.24) is 0 Å². The Morgan fingerprint density at radius 1 is 0.675 bits per heavy atom. The highest BCUT2D eigenvalue weighted by Gasteiger charge is 2.25. The smallest absolute Gasteiger partial charge is 0.472 e. The minimum atomic E-state index is -4.16. The molecule has 0 amide bonds. The maximum Gasteiger partial charge on any atom is 0.472 e. The van der Waals surface area contributed by atoms with Gasteiger partial charge in [0.15, 0.2) is 6.10 Å². The molecule has 0 heterocycles. The van der Waals surface area contributed by atoms with Crippen LogP contribution in [0.1, 0.15) is 129 Å². The monoisotopic (exact) mass is 590 g/mol. The van der Waals surface area contributed by atoms with Crippen LogP contribution in [0.2, 0.25) is 0 Å². The zero-order valence-corrected chi connectivity index (χ0v) is 27.7. The number of nitrogens with zero attached hydrogens (tertiary/aromatic N) is 1. The maximum atomic E-state index is 12.3. The van der Waals surface area contributed by atoms with Gasteiger partial charge in [-0.3, -0.25) is 9.05 Å². The van der Waals surface area contributed by atoms with E-state index in [1.165, 1.54) is 89.9 Å². The van der Waals surface area contributed by atoms with Gasteiger partial charge in [0.2, 0.25) is 0 Å². The van der Waals surface area contributed by atoms with Gasteiger partial charge in [0.05, 0.1) is 40.3 Å². The highest BCUT2D eigenvalue weighted by molar-refractivity contribution is 7.47. The van der Waals surface area contributed by atoms with E-state index < -0.39 is 13.9 Å². The lowest BCUT2D eigenvalue weighted by Gasteiger charge is -2.24. The minimum Gasteiger partial charge on any atom is -0.498 e. The summed E-state index contributed by atoms with van der Waals surface area (Å²) in [7, 11) is 1.83. The zero-order valence-electron chi connectivity index (χ0n) is 26.8. The van der Waals surface area contributed by atoms with Gasteiger partial charge >= 0.3 is 7.82 Å². The Morgan fingerprint density at radius 3 is 1.65 bits per heavy atom. The van der Waals surface area contributed by atoms with Gasteiger partial charge in [-0.1, -0.05) is 104 Å². The maximum absolute atomic E-state index is 12.3. The highest BCUT2D eigenvalue weighted by atomic mass is 31.2. The Bertz CT molecular complexity index is 650. The molecule has 0 aromatic carbocycles. The fourth-order valence-electron chi connectivity index (χ4n) is 4.10. The quantitative estimate of drug-likeness (QED) is 0.0389. The van der Waals surface area contributed by atoms with E-state index in [0.29, 0.717) is 11.0 Å². The van der Waals surface area contributed by atoms with Crippen molar-refractivity contribution in [1.29, 1.82) is 0 Å². The van der Waals surface area contributed by atoms with Crippen molar-refractivity contribution in [3.05, 3.63) is 24.7 Å². The molecule has 1 N–H and O–H groups in total. The molecule has 0 aliphatic carbocycles. The van der Waals surface area contributed by atoms with Crippen molar-refractivity contribution in [2.75, 3.05) is 47.5 Å². The molecule has 2 unspecified atom stereocenters. The second-order valence-corrected chi connectivity index (χ2v) is 13.4. The number of allylic oxidation sites excluding steroid dienone is 2. The summed E-state index contributed by atoms with van der Waals surface area (Å²) in [5, 5.41) is 0. The third-order valence-electron chi connectivity index (χ3n) is 6.73. The second kappa shape index (κ2) is 27.0. The molecule has 0 bridgehead atoms. The number of unbranched alkanes of at least 4 members (excludes halogenated alkanes) is 16. The van der Waals surface area contributed by atoms with E-state index in [2.05, 4.69) is 13.8 Å². The first-order chi connectivity index (χ1) is 19.2. The number of quaternary nitrogens is 1. The molecule has 0 aromatic heterocycles. The summed E-state index contributed by atoms with van der Waals surface area (Å²) in [6, 6.07) is 0. The third kappa shape index (κ3) is 30.1. The van der Waals surface area contributed by atoms with Gasteiger partial charge in [0.1, 0.15) is 19.8 Å². The van der Waals surface area contributed by atoms with E-state index in [9.17, 15) is 9.46 Å². The molecule has 238 valence electrons. The van der Waals surface area contributed by atoms with Gasteiger partial charge in [-0.2, -0.15) is 0 Å². The average molecular weight is 591 g/mol. The Labute approximate surface area is 247 Å². The average Bonchev–Trinajstić information content (AvgIpc) is 2.89. The number of phosphoric ester groups is 1. The van der Waals surface area contributed by atoms with Crippen molar-refractivity contribution in [2.45, 2.75) is 136 Å². The summed E-state index contributed by atoms with van der Waals surface area (Å²) in [6.07, 6.45) is 29.6. The fraction of sp³-hybridized carbons (Fsp3) is 0.875. The first-order valence-corrected chi connectivity index (χ1v) is 17.7. The molecule has 2 atom stereocenters. The predicted octanol–water partition coefficient (Wildman–Crippen LogP) is 9.32. The van der Waals surface area contributed by atoms with Crippen LogP contribution in [0.5, 0.6) is 0 Å². The lowest BCUT2D eigenvalue weighted by molar-refractivity contribution is -0.870. The summed E-state index contributed by atoms with van der Waals surface area (Å²) in [4.78, 5) is 10.1. The normalized spacial score (nSPS) is 14.7. The van der Waals surface area contributed by atoms with Crippen molar-refractivity contribution in [2.24, 2.45) is 0 Å². The van der Waals surface area contributed by atoms with Crippen LogP contribution in [0, 0.1) is 0 Å². The summed E-state index contributed by atoms with van der Waals surface area (Å²) in [5.74, 6) is 0. The molecule has 0 spiro atoms. The molecular weight excluding hydrogens is 525 g/mol. The van der Waals surface area contributed by atoms with Crippen molar-refractivity contribution in [3.63, 3.8) is 0 Å². The SMILES string of the molecule is CCCCCCCCCCC=COCC(COP(=O)(O)OCC[N+](C)(C)C)OC=CCCCCCCCCCC. The molecule has 0 aromatic rings. The second-order valence-electron chi connectivity index (χ2n) is 12.0. The lowest BCUT2D eigenvalue weighted by Crippen LogP contribution is -2.37. The largest absolute Gasteiger partial charge is 0.498 e. The Hall–Kier alpha value is -0.850. The van der Waals surface area contributed by atoms with Crippen molar-refractivity contribution in [3.8, 4) is 0 Å². The van der Waals surface area contributed by atoms with Gasteiger partial charge in [-0.15, -0.1) is 0 Å². The summed E-state index contributed by atoms with van der Waals surface area (Å²) >= 11 is 0. The van der Waals surface area contributed by atoms with Crippen molar-refractivity contribution < 1.29 is 32.5 Å². The van der Waals surface area contributed by atoms with E-state index in [1.807, 2.05) is 33.3 Å². The predicted molar refractivity (Wildman–Crippen MR) is 168 cm³/mol. The summed E-state index contributed by atoms with van der Waals surface area (Å²) in [6.45, 7) is 5.37. The molecule has 0 fully saturated rings. The zero-order chi connectivity index (χ0) is 29.8. The number of rotatable bonds is 30. The van der Waals surface area contributed by atoms with E-state index in [0.717, 1.165) is 25.7 Å². The first-order valence-electron chi connectivity index (χ1n) is 16.2. The standard InChI is InChI=1S/C32H64NO6P/c1-6-8-10-12-14-16-18-20-22-24-27-36-30-32(31-39-40(34,35)38-29-26-33(3,4)5)37-28-25-23-21-19-17-15-13-11-9-7-2/h24-25,27-28,32H,6-23,26,29-31H2,1-5H3/p+1. The number of phosphoric acid groups is 1. The lowest BCUT2D eigenvalue weighted by atomic mass is 10.1. The topological polar surface area (TPSA) is 74.2 Å². The van der Waals surface area contributed by atoms with Gasteiger partial charge in [0, 0.05) is 0 Å². The Balaban J connectivity index is 4.36. The number of likely N-dealkylation sites (N-methyl/N-ethyl adjacent to an activating group) is 1. The fourth-order valence-corrected chi connectivity index (χ4v) is 4.84. The molecule has 0 aliphatic rings. The summed E-state index contributed by atoms with van der Waals surface area (Å²) < 4.78 is 34.8. The van der Waals surface area contributed by atoms with Crippen LogP contribution >= 0.6 is 7.82 Å². The van der Waals surface area contributed by atoms with E-state index in [-0.39, 0.29) is 19.8 Å². The van der Waals surface area contributed by atoms with Gasteiger partial charge < -0.3 is 18.9 Å². The van der Waals surface area contributed by atoms with E-state index in [4.69, 9.17) is 18.5 Å². The Morgan fingerprint density at radius 2 is 1.15 bits per heavy atom. The number of hydrogen-bond donors (Lipinski definition) is 1. The van der Waals surface area contributed by atoms with Crippen LogP contribution in [0.25, 0.3) is 0 Å². The molecule has 0 saturated carbocycles. The highest BCUT2D eigenvalue weighted by Crippen LogP contribution is 2.43. The van der Waals surface area contributed by atoms with E-state index >= 15 is 0 Å². The van der Waals surface area contributed by atoms with Crippen LogP contribution < -0.4 is 0 Å². The number of hydrogen-bond acceptors (Lipinski definition) is 5. The Kier molecular flexibility index (Phi) is 26.4. The van der Waals surface area contributed by atoms with Crippen molar-refractivity contribution >= 4 is 7.82 Å². The van der Waals surface area contributed by atoms with Crippen LogP contribution in [0.15, 0.2) is 24.7 Å². The molecule has 7 nitrogen and oxygen atoms in total. The molecule has 0 saturated heterocycles.